The normalized spacial score (nSPS) is 18.1. The number of rotatable bonds is 3. The van der Waals surface area contributed by atoms with E-state index in [4.69, 9.17) is 0 Å². The Bertz CT molecular complexity index is 1020. The Morgan fingerprint density at radius 3 is 2.27 bits per heavy atom. The first-order chi connectivity index (χ1) is 14.3. The minimum Gasteiger partial charge on any atom is -0.338 e. The Labute approximate surface area is 170 Å². The van der Waals surface area contributed by atoms with Crippen LogP contribution in [-0.2, 0) is 11.3 Å². The standard InChI is InChI=1S/C21H18F3N3O3/c22-14-3-1-13(2-4-14)12-27-19(29)21(25-20(27)30)7-9-26(10-8-21)18(28)16-11-15(23)5-6-17(16)24/h1-6,11H,7-10,12H2,(H,25,30). The highest BCUT2D eigenvalue weighted by Gasteiger charge is 2.52. The van der Waals surface area contributed by atoms with Crippen LogP contribution in [0.2, 0.25) is 0 Å². The van der Waals surface area contributed by atoms with Gasteiger partial charge in [-0.05, 0) is 48.7 Å². The molecular formula is C21H18F3N3O3. The van der Waals surface area contributed by atoms with E-state index in [1.165, 1.54) is 29.2 Å². The Morgan fingerprint density at radius 2 is 1.60 bits per heavy atom. The third-order valence-corrected chi connectivity index (χ3v) is 5.56. The maximum absolute atomic E-state index is 13.9. The van der Waals surface area contributed by atoms with Crippen LogP contribution in [0.15, 0.2) is 42.5 Å². The lowest BCUT2D eigenvalue weighted by atomic mass is 9.87. The molecule has 1 N–H and O–H groups in total. The van der Waals surface area contributed by atoms with Crippen molar-refractivity contribution in [3.63, 3.8) is 0 Å². The Balaban J connectivity index is 1.45. The number of hydrogen-bond acceptors (Lipinski definition) is 3. The average molecular weight is 417 g/mol. The molecule has 2 aliphatic heterocycles. The highest BCUT2D eigenvalue weighted by molar-refractivity contribution is 6.07. The number of likely N-dealkylation sites (tertiary alicyclic amines) is 1. The van der Waals surface area contributed by atoms with Crippen LogP contribution in [-0.4, -0.2) is 46.3 Å². The minimum atomic E-state index is -1.14. The van der Waals surface area contributed by atoms with Gasteiger partial charge in [-0.3, -0.25) is 14.5 Å². The molecule has 0 bridgehead atoms. The minimum absolute atomic E-state index is 0.00381. The predicted octanol–water partition coefficient (Wildman–Crippen LogP) is 2.83. The van der Waals surface area contributed by atoms with E-state index in [2.05, 4.69) is 5.32 Å². The zero-order valence-corrected chi connectivity index (χ0v) is 15.8. The van der Waals surface area contributed by atoms with Crippen molar-refractivity contribution in [1.29, 1.82) is 0 Å². The molecular weight excluding hydrogens is 399 g/mol. The number of imide groups is 1. The number of nitrogens with zero attached hydrogens (tertiary/aromatic N) is 2. The van der Waals surface area contributed by atoms with E-state index in [0.717, 1.165) is 23.1 Å². The van der Waals surface area contributed by atoms with Gasteiger partial charge >= 0.3 is 6.03 Å². The number of nitrogens with one attached hydrogen (secondary N) is 1. The summed E-state index contributed by atoms with van der Waals surface area (Å²) in [5.41, 5.74) is -0.911. The molecule has 4 rings (SSSR count). The lowest BCUT2D eigenvalue weighted by Gasteiger charge is -2.37. The molecule has 0 aromatic heterocycles. The van der Waals surface area contributed by atoms with Gasteiger partial charge < -0.3 is 10.2 Å². The van der Waals surface area contributed by atoms with E-state index in [1.54, 1.807) is 0 Å². The molecule has 0 unspecified atom stereocenters. The number of halogens is 3. The lowest BCUT2D eigenvalue weighted by molar-refractivity contribution is -0.133. The summed E-state index contributed by atoms with van der Waals surface area (Å²) in [6.07, 6.45) is 0.306. The van der Waals surface area contributed by atoms with Crippen LogP contribution in [0, 0.1) is 17.5 Å². The molecule has 2 aromatic carbocycles. The summed E-state index contributed by atoms with van der Waals surface area (Å²) in [6, 6.07) is 7.60. The number of urea groups is 1. The highest BCUT2D eigenvalue weighted by atomic mass is 19.1. The quantitative estimate of drug-likeness (QED) is 0.781. The van der Waals surface area contributed by atoms with Crippen LogP contribution in [0.5, 0.6) is 0 Å². The van der Waals surface area contributed by atoms with Gasteiger partial charge in [0.25, 0.3) is 11.8 Å². The van der Waals surface area contributed by atoms with E-state index in [-0.39, 0.29) is 38.0 Å². The van der Waals surface area contributed by atoms with E-state index < -0.39 is 40.8 Å². The van der Waals surface area contributed by atoms with Crippen molar-refractivity contribution in [3.05, 3.63) is 71.0 Å². The highest BCUT2D eigenvalue weighted by Crippen LogP contribution is 2.31. The molecule has 2 heterocycles. The van der Waals surface area contributed by atoms with Crippen molar-refractivity contribution in [2.45, 2.75) is 24.9 Å². The first kappa shape index (κ1) is 19.9. The smallest absolute Gasteiger partial charge is 0.325 e. The van der Waals surface area contributed by atoms with Crippen LogP contribution in [0.25, 0.3) is 0 Å². The molecule has 156 valence electrons. The number of amides is 4. The first-order valence-electron chi connectivity index (χ1n) is 9.42. The molecule has 0 atom stereocenters. The number of carbonyl (C=O) groups is 3. The van der Waals surface area contributed by atoms with Gasteiger partial charge in [0.1, 0.15) is 23.0 Å². The van der Waals surface area contributed by atoms with Crippen LogP contribution in [0.4, 0.5) is 18.0 Å². The topological polar surface area (TPSA) is 69.7 Å². The molecule has 4 amide bonds. The summed E-state index contributed by atoms with van der Waals surface area (Å²) in [4.78, 5) is 40.3. The van der Waals surface area contributed by atoms with E-state index in [9.17, 15) is 27.6 Å². The monoisotopic (exact) mass is 417 g/mol. The van der Waals surface area contributed by atoms with Crippen molar-refractivity contribution in [1.82, 2.24) is 15.1 Å². The second-order valence-electron chi connectivity index (χ2n) is 7.45. The molecule has 2 fully saturated rings. The third kappa shape index (κ3) is 3.51. The zero-order valence-electron chi connectivity index (χ0n) is 15.8. The average Bonchev–Trinajstić information content (AvgIpc) is 2.95. The van der Waals surface area contributed by atoms with Crippen LogP contribution >= 0.6 is 0 Å². The van der Waals surface area contributed by atoms with Gasteiger partial charge in [0.05, 0.1) is 12.1 Å². The number of benzene rings is 2. The molecule has 2 aromatic rings. The number of piperidine rings is 1. The molecule has 2 saturated heterocycles. The lowest BCUT2D eigenvalue weighted by Crippen LogP contribution is -2.55. The molecule has 2 aliphatic rings. The Kier molecular flexibility index (Phi) is 4.97. The summed E-state index contributed by atoms with van der Waals surface area (Å²) >= 11 is 0. The number of hydrogen-bond donors (Lipinski definition) is 1. The Hall–Kier alpha value is -3.36. The molecule has 30 heavy (non-hydrogen) atoms. The predicted molar refractivity (Wildman–Crippen MR) is 99.7 cm³/mol. The van der Waals surface area contributed by atoms with Crippen molar-refractivity contribution in [2.75, 3.05) is 13.1 Å². The van der Waals surface area contributed by atoms with Gasteiger partial charge in [-0.2, -0.15) is 0 Å². The molecule has 0 radical (unpaired) electrons. The van der Waals surface area contributed by atoms with Crippen molar-refractivity contribution < 1.29 is 27.6 Å². The van der Waals surface area contributed by atoms with Crippen LogP contribution in [0.1, 0.15) is 28.8 Å². The zero-order chi connectivity index (χ0) is 21.5. The van der Waals surface area contributed by atoms with E-state index in [0.29, 0.717) is 5.56 Å². The first-order valence-corrected chi connectivity index (χ1v) is 9.42. The second-order valence-corrected chi connectivity index (χ2v) is 7.45. The van der Waals surface area contributed by atoms with Gasteiger partial charge in [0, 0.05) is 13.1 Å². The van der Waals surface area contributed by atoms with Gasteiger partial charge in [-0.25, -0.2) is 18.0 Å². The summed E-state index contributed by atoms with van der Waals surface area (Å²) < 4.78 is 40.4. The van der Waals surface area contributed by atoms with Crippen molar-refractivity contribution in [3.8, 4) is 0 Å². The summed E-state index contributed by atoms with van der Waals surface area (Å²) in [5.74, 6) is -3.04. The molecule has 0 aliphatic carbocycles. The van der Waals surface area contributed by atoms with Gasteiger partial charge in [0.2, 0.25) is 0 Å². The van der Waals surface area contributed by atoms with Crippen molar-refractivity contribution in [2.24, 2.45) is 0 Å². The van der Waals surface area contributed by atoms with Crippen LogP contribution in [0.3, 0.4) is 0 Å². The largest absolute Gasteiger partial charge is 0.338 e. The maximum atomic E-state index is 13.9. The fourth-order valence-corrected chi connectivity index (χ4v) is 3.85. The van der Waals surface area contributed by atoms with Crippen LogP contribution < -0.4 is 5.32 Å². The van der Waals surface area contributed by atoms with Crippen molar-refractivity contribution >= 4 is 17.8 Å². The SMILES string of the molecule is O=C(c1cc(F)ccc1F)N1CCC2(CC1)NC(=O)N(Cc1ccc(F)cc1)C2=O. The summed E-state index contributed by atoms with van der Waals surface area (Å²) in [7, 11) is 0. The van der Waals surface area contributed by atoms with E-state index >= 15 is 0 Å². The molecule has 9 heteroatoms. The second kappa shape index (κ2) is 7.47. The Morgan fingerprint density at radius 1 is 0.967 bits per heavy atom. The van der Waals surface area contributed by atoms with Gasteiger partial charge in [0.15, 0.2) is 0 Å². The summed E-state index contributed by atoms with van der Waals surface area (Å²) in [5, 5.41) is 2.71. The fourth-order valence-electron chi connectivity index (χ4n) is 3.85. The van der Waals surface area contributed by atoms with Gasteiger partial charge in [-0.1, -0.05) is 12.1 Å². The van der Waals surface area contributed by atoms with E-state index in [1.807, 2.05) is 0 Å². The number of carbonyl (C=O) groups excluding carboxylic acids is 3. The maximum Gasteiger partial charge on any atom is 0.325 e. The van der Waals surface area contributed by atoms with Gasteiger partial charge in [-0.15, -0.1) is 0 Å². The molecule has 0 saturated carbocycles. The summed E-state index contributed by atoms with van der Waals surface area (Å²) in [6.45, 7) is 0.209. The molecule has 1 spiro atoms. The fraction of sp³-hybridized carbons (Fsp3) is 0.286. The third-order valence-electron chi connectivity index (χ3n) is 5.56. The molecule has 6 nitrogen and oxygen atoms in total.